The number of hydrogen-bond acceptors (Lipinski definition) is 1. The van der Waals surface area contributed by atoms with Crippen LogP contribution in [0.5, 0.6) is 0 Å². The third-order valence-corrected chi connectivity index (χ3v) is 3.16. The lowest BCUT2D eigenvalue weighted by molar-refractivity contribution is 0.449. The van der Waals surface area contributed by atoms with E-state index in [4.69, 9.17) is 0 Å². The Morgan fingerprint density at radius 2 is 1.80 bits per heavy atom. The molecule has 0 aromatic heterocycles. The van der Waals surface area contributed by atoms with E-state index in [1.807, 2.05) is 0 Å². The monoisotopic (exact) mass is 205 g/mol. The maximum Gasteiger partial charge on any atom is 0.0208 e. The van der Waals surface area contributed by atoms with Crippen molar-refractivity contribution in [1.82, 2.24) is 5.32 Å². The molecule has 0 fully saturated rings. The van der Waals surface area contributed by atoms with Crippen molar-refractivity contribution in [3.05, 3.63) is 35.4 Å². The number of benzene rings is 1. The van der Waals surface area contributed by atoms with Crippen LogP contribution < -0.4 is 5.32 Å². The van der Waals surface area contributed by atoms with Crippen molar-refractivity contribution >= 4 is 0 Å². The highest BCUT2D eigenvalue weighted by molar-refractivity contribution is 5.25. The van der Waals surface area contributed by atoms with Crippen LogP contribution in [-0.4, -0.2) is 6.54 Å². The van der Waals surface area contributed by atoms with Crippen LogP contribution in [0.2, 0.25) is 0 Å². The third kappa shape index (κ3) is 4.05. The zero-order valence-electron chi connectivity index (χ0n) is 10.2. The van der Waals surface area contributed by atoms with Crippen LogP contribution >= 0.6 is 0 Å². The molecule has 0 radical (unpaired) electrons. The average molecular weight is 205 g/mol. The quantitative estimate of drug-likeness (QED) is 0.749. The first-order valence-electron chi connectivity index (χ1n) is 6.03. The van der Waals surface area contributed by atoms with E-state index in [2.05, 4.69) is 50.4 Å². The van der Waals surface area contributed by atoms with Gasteiger partial charge in [-0.1, -0.05) is 51.0 Å². The standard InChI is InChI=1S/C14H23N/c1-4-13(5-2)10-15-11-14-9-7-6-8-12(14)3/h6-9,13,15H,4-5,10-11H2,1-3H3. The molecule has 0 atom stereocenters. The number of rotatable bonds is 6. The fourth-order valence-electron chi connectivity index (χ4n) is 1.80. The lowest BCUT2D eigenvalue weighted by Gasteiger charge is -2.14. The van der Waals surface area contributed by atoms with E-state index in [0.717, 1.165) is 19.0 Å². The highest BCUT2D eigenvalue weighted by atomic mass is 14.9. The van der Waals surface area contributed by atoms with Gasteiger partial charge in [-0.05, 0) is 30.5 Å². The predicted octanol–water partition coefficient (Wildman–Crippen LogP) is 3.52. The highest BCUT2D eigenvalue weighted by Crippen LogP contribution is 2.08. The predicted molar refractivity (Wildman–Crippen MR) is 67.0 cm³/mol. The van der Waals surface area contributed by atoms with Crippen LogP contribution in [0, 0.1) is 12.8 Å². The Kier molecular flexibility index (Phi) is 5.41. The van der Waals surface area contributed by atoms with Gasteiger partial charge in [0.05, 0.1) is 0 Å². The molecule has 1 heteroatoms. The molecule has 0 amide bonds. The lowest BCUT2D eigenvalue weighted by Crippen LogP contribution is -2.22. The molecule has 1 aromatic rings. The first kappa shape index (κ1) is 12.3. The molecule has 0 heterocycles. The molecular weight excluding hydrogens is 182 g/mol. The number of nitrogens with one attached hydrogen (secondary N) is 1. The second-order valence-corrected chi connectivity index (χ2v) is 4.24. The van der Waals surface area contributed by atoms with E-state index in [9.17, 15) is 0 Å². The summed E-state index contributed by atoms with van der Waals surface area (Å²) in [4.78, 5) is 0. The van der Waals surface area contributed by atoms with Crippen LogP contribution in [0.4, 0.5) is 0 Å². The molecule has 1 aromatic carbocycles. The molecule has 1 N–H and O–H groups in total. The van der Waals surface area contributed by atoms with Crippen molar-refractivity contribution in [3.8, 4) is 0 Å². The van der Waals surface area contributed by atoms with Crippen LogP contribution in [-0.2, 0) is 6.54 Å². The summed E-state index contributed by atoms with van der Waals surface area (Å²) in [5.74, 6) is 0.828. The number of hydrogen-bond donors (Lipinski definition) is 1. The second kappa shape index (κ2) is 6.62. The second-order valence-electron chi connectivity index (χ2n) is 4.24. The van der Waals surface area contributed by atoms with E-state index in [0.29, 0.717) is 0 Å². The van der Waals surface area contributed by atoms with Gasteiger partial charge in [0.1, 0.15) is 0 Å². The molecule has 84 valence electrons. The van der Waals surface area contributed by atoms with Gasteiger partial charge in [-0.3, -0.25) is 0 Å². The number of aryl methyl sites for hydroxylation is 1. The van der Waals surface area contributed by atoms with Crippen molar-refractivity contribution in [1.29, 1.82) is 0 Å². The van der Waals surface area contributed by atoms with Crippen molar-refractivity contribution in [3.63, 3.8) is 0 Å². The lowest BCUT2D eigenvalue weighted by atomic mass is 10.0. The molecule has 1 nitrogen and oxygen atoms in total. The summed E-state index contributed by atoms with van der Waals surface area (Å²) in [6, 6.07) is 8.59. The Labute approximate surface area is 93.9 Å². The molecule has 0 aliphatic carbocycles. The minimum atomic E-state index is 0.828. The Morgan fingerprint density at radius 3 is 2.40 bits per heavy atom. The smallest absolute Gasteiger partial charge is 0.0208 e. The van der Waals surface area contributed by atoms with Gasteiger partial charge in [-0.2, -0.15) is 0 Å². The largest absolute Gasteiger partial charge is 0.312 e. The van der Waals surface area contributed by atoms with Crippen LogP contribution in [0.15, 0.2) is 24.3 Å². The Balaban J connectivity index is 2.34. The summed E-state index contributed by atoms with van der Waals surface area (Å²) in [6.45, 7) is 8.85. The maximum atomic E-state index is 3.54. The zero-order valence-corrected chi connectivity index (χ0v) is 10.2. The van der Waals surface area contributed by atoms with Gasteiger partial charge < -0.3 is 5.32 Å². The Hall–Kier alpha value is -0.820. The summed E-state index contributed by atoms with van der Waals surface area (Å²) < 4.78 is 0. The van der Waals surface area contributed by atoms with Gasteiger partial charge in [0.15, 0.2) is 0 Å². The van der Waals surface area contributed by atoms with Crippen molar-refractivity contribution < 1.29 is 0 Å². The van der Waals surface area contributed by atoms with Gasteiger partial charge in [-0.25, -0.2) is 0 Å². The van der Waals surface area contributed by atoms with Crippen molar-refractivity contribution in [2.24, 2.45) is 5.92 Å². The Morgan fingerprint density at radius 1 is 1.13 bits per heavy atom. The van der Waals surface area contributed by atoms with Gasteiger partial charge in [0, 0.05) is 6.54 Å². The minimum absolute atomic E-state index is 0.828. The molecule has 0 saturated carbocycles. The first-order valence-corrected chi connectivity index (χ1v) is 6.03. The molecule has 0 spiro atoms. The topological polar surface area (TPSA) is 12.0 Å². The summed E-state index contributed by atoms with van der Waals surface area (Å²) in [6.07, 6.45) is 2.55. The van der Waals surface area contributed by atoms with Gasteiger partial charge in [-0.15, -0.1) is 0 Å². The molecule has 0 aliphatic rings. The zero-order chi connectivity index (χ0) is 11.1. The highest BCUT2D eigenvalue weighted by Gasteiger charge is 2.02. The summed E-state index contributed by atoms with van der Waals surface area (Å²) in [5.41, 5.74) is 2.80. The average Bonchev–Trinajstić information content (AvgIpc) is 2.27. The Bertz CT molecular complexity index is 276. The van der Waals surface area contributed by atoms with Crippen molar-refractivity contribution in [2.45, 2.75) is 40.2 Å². The fraction of sp³-hybridized carbons (Fsp3) is 0.571. The van der Waals surface area contributed by atoms with Gasteiger partial charge in [0.2, 0.25) is 0 Å². The molecule has 0 aliphatic heterocycles. The fourth-order valence-corrected chi connectivity index (χ4v) is 1.80. The third-order valence-electron chi connectivity index (χ3n) is 3.16. The molecule has 1 rings (SSSR count). The SMILES string of the molecule is CCC(CC)CNCc1ccccc1C. The van der Waals surface area contributed by atoms with Crippen molar-refractivity contribution in [2.75, 3.05) is 6.54 Å². The molecule has 15 heavy (non-hydrogen) atoms. The molecule has 0 unspecified atom stereocenters. The van der Waals surface area contributed by atoms with E-state index in [1.165, 1.54) is 24.0 Å². The van der Waals surface area contributed by atoms with Gasteiger partial charge >= 0.3 is 0 Å². The summed E-state index contributed by atoms with van der Waals surface area (Å²) in [7, 11) is 0. The first-order chi connectivity index (χ1) is 7.27. The van der Waals surface area contributed by atoms with Crippen LogP contribution in [0.3, 0.4) is 0 Å². The minimum Gasteiger partial charge on any atom is -0.312 e. The van der Waals surface area contributed by atoms with E-state index in [1.54, 1.807) is 0 Å². The van der Waals surface area contributed by atoms with E-state index >= 15 is 0 Å². The summed E-state index contributed by atoms with van der Waals surface area (Å²) >= 11 is 0. The normalized spacial score (nSPS) is 10.9. The van der Waals surface area contributed by atoms with Crippen LogP contribution in [0.1, 0.15) is 37.8 Å². The van der Waals surface area contributed by atoms with Gasteiger partial charge in [0.25, 0.3) is 0 Å². The van der Waals surface area contributed by atoms with Crippen LogP contribution in [0.25, 0.3) is 0 Å². The molecule has 0 bridgehead atoms. The summed E-state index contributed by atoms with van der Waals surface area (Å²) in [5, 5.41) is 3.54. The van der Waals surface area contributed by atoms with E-state index < -0.39 is 0 Å². The van der Waals surface area contributed by atoms with E-state index in [-0.39, 0.29) is 0 Å². The maximum absolute atomic E-state index is 3.54. The molecular formula is C14H23N. The molecule has 0 saturated heterocycles.